The van der Waals surface area contributed by atoms with Gasteiger partial charge in [0.2, 0.25) is 0 Å². The molecule has 2 N–H and O–H groups in total. The van der Waals surface area contributed by atoms with Gasteiger partial charge in [0.1, 0.15) is 13.2 Å². The molecule has 0 atom stereocenters. The van der Waals surface area contributed by atoms with Crippen LogP contribution in [0, 0.1) is 13.8 Å². The van der Waals surface area contributed by atoms with E-state index in [2.05, 4.69) is 10.3 Å². The number of pyridine rings is 1. The first-order chi connectivity index (χ1) is 13.0. The van der Waals surface area contributed by atoms with E-state index in [1.807, 2.05) is 32.0 Å². The molecule has 2 heterocycles. The number of carbonyl (C=O) groups is 1. The molecule has 0 saturated carbocycles. The van der Waals surface area contributed by atoms with Crippen LogP contribution in [-0.4, -0.2) is 24.1 Å². The van der Waals surface area contributed by atoms with Crippen molar-refractivity contribution in [3.63, 3.8) is 0 Å². The zero-order valence-corrected chi connectivity index (χ0v) is 15.2. The lowest BCUT2D eigenvalue weighted by Crippen LogP contribution is -2.26. The summed E-state index contributed by atoms with van der Waals surface area (Å²) in [5.41, 5.74) is 3.68. The molecule has 0 saturated heterocycles. The molecule has 3 aromatic rings. The lowest BCUT2D eigenvalue weighted by atomic mass is 10.1. The van der Waals surface area contributed by atoms with Crippen LogP contribution in [0.15, 0.2) is 41.2 Å². The number of fused-ring (bicyclic) bond motifs is 2. The maximum atomic E-state index is 12.4. The Morgan fingerprint density at radius 2 is 1.78 bits per heavy atom. The first-order valence-corrected chi connectivity index (χ1v) is 8.82. The highest BCUT2D eigenvalue weighted by Crippen LogP contribution is 2.33. The third kappa shape index (κ3) is 3.38. The molecule has 27 heavy (non-hydrogen) atoms. The summed E-state index contributed by atoms with van der Waals surface area (Å²) in [6.07, 6.45) is 0. The molecule has 6 heteroatoms. The Labute approximate surface area is 156 Å². The lowest BCUT2D eigenvalue weighted by Gasteiger charge is -2.18. The Morgan fingerprint density at radius 3 is 2.52 bits per heavy atom. The van der Waals surface area contributed by atoms with E-state index in [0.717, 1.165) is 16.5 Å². The summed E-state index contributed by atoms with van der Waals surface area (Å²) in [5, 5.41) is 3.64. The first kappa shape index (κ1) is 17.1. The number of rotatable bonds is 3. The van der Waals surface area contributed by atoms with Crippen molar-refractivity contribution in [2.24, 2.45) is 0 Å². The average molecular weight is 364 g/mol. The van der Waals surface area contributed by atoms with Gasteiger partial charge in [-0.2, -0.15) is 0 Å². The van der Waals surface area contributed by atoms with Crippen molar-refractivity contribution in [2.45, 2.75) is 20.4 Å². The van der Waals surface area contributed by atoms with Gasteiger partial charge in [-0.05, 0) is 49.2 Å². The zero-order valence-electron chi connectivity index (χ0n) is 15.2. The van der Waals surface area contributed by atoms with Crippen LogP contribution in [0.3, 0.4) is 0 Å². The van der Waals surface area contributed by atoms with E-state index in [0.29, 0.717) is 41.4 Å². The second kappa shape index (κ2) is 6.79. The number of hydrogen-bond donors (Lipinski definition) is 2. The summed E-state index contributed by atoms with van der Waals surface area (Å²) in [7, 11) is 0. The van der Waals surface area contributed by atoms with Gasteiger partial charge in [-0.15, -0.1) is 0 Å². The summed E-state index contributed by atoms with van der Waals surface area (Å²) >= 11 is 0. The van der Waals surface area contributed by atoms with Gasteiger partial charge in [0.25, 0.3) is 11.5 Å². The van der Waals surface area contributed by atoms with Gasteiger partial charge in [0.15, 0.2) is 11.5 Å². The molecule has 2 aromatic carbocycles. The van der Waals surface area contributed by atoms with Crippen molar-refractivity contribution >= 4 is 16.8 Å². The Balaban J connectivity index is 1.58. The highest BCUT2D eigenvalue weighted by atomic mass is 16.6. The fourth-order valence-corrected chi connectivity index (χ4v) is 3.08. The van der Waals surface area contributed by atoms with E-state index >= 15 is 0 Å². The van der Waals surface area contributed by atoms with E-state index < -0.39 is 0 Å². The number of benzene rings is 2. The summed E-state index contributed by atoms with van der Waals surface area (Å²) in [4.78, 5) is 27.6. The third-order valence-electron chi connectivity index (χ3n) is 4.79. The van der Waals surface area contributed by atoms with Gasteiger partial charge in [-0.3, -0.25) is 9.59 Å². The van der Waals surface area contributed by atoms with Crippen LogP contribution in [0.2, 0.25) is 0 Å². The highest BCUT2D eigenvalue weighted by molar-refractivity contribution is 5.94. The molecular formula is C21H20N2O4. The minimum Gasteiger partial charge on any atom is -0.486 e. The molecule has 1 aromatic heterocycles. The molecule has 6 nitrogen and oxygen atoms in total. The second-order valence-electron chi connectivity index (χ2n) is 6.69. The Kier molecular flexibility index (Phi) is 4.32. The number of nitrogens with one attached hydrogen (secondary N) is 2. The van der Waals surface area contributed by atoms with Gasteiger partial charge < -0.3 is 19.8 Å². The lowest BCUT2D eigenvalue weighted by molar-refractivity contribution is 0.0950. The molecule has 138 valence electrons. The van der Waals surface area contributed by atoms with Gasteiger partial charge in [-0.1, -0.05) is 6.07 Å². The van der Waals surface area contributed by atoms with Crippen molar-refractivity contribution in [3.8, 4) is 11.5 Å². The van der Waals surface area contributed by atoms with Gasteiger partial charge in [-0.25, -0.2) is 0 Å². The standard InChI is InChI=1S/C21H20N2O4/c1-12-3-4-14(7-13(12)2)20(24)22-11-16-8-15-9-18-19(27-6-5-26-18)10-17(15)23-21(16)25/h3-4,7-10H,5-6,11H2,1-2H3,(H,22,24)(H,23,25). The molecular weight excluding hydrogens is 344 g/mol. The van der Waals surface area contributed by atoms with Crippen LogP contribution in [0.4, 0.5) is 0 Å². The van der Waals surface area contributed by atoms with E-state index in [1.54, 1.807) is 18.2 Å². The Morgan fingerprint density at radius 1 is 1.04 bits per heavy atom. The quantitative estimate of drug-likeness (QED) is 0.749. The molecule has 0 radical (unpaired) electrons. The number of amides is 1. The first-order valence-electron chi connectivity index (χ1n) is 8.82. The molecule has 1 amide bonds. The minimum absolute atomic E-state index is 0.144. The molecule has 4 rings (SSSR count). The maximum Gasteiger partial charge on any atom is 0.253 e. The monoisotopic (exact) mass is 364 g/mol. The van der Waals surface area contributed by atoms with Crippen LogP contribution in [-0.2, 0) is 6.54 Å². The summed E-state index contributed by atoms with van der Waals surface area (Å²) in [6.45, 7) is 5.10. The predicted octanol–water partition coefficient (Wildman–Crippen LogP) is 2.85. The number of aromatic nitrogens is 1. The van der Waals surface area contributed by atoms with Crippen LogP contribution < -0.4 is 20.3 Å². The van der Waals surface area contributed by atoms with Crippen LogP contribution in [0.25, 0.3) is 10.9 Å². The van der Waals surface area contributed by atoms with Crippen LogP contribution in [0.5, 0.6) is 11.5 Å². The number of carbonyl (C=O) groups excluding carboxylic acids is 1. The second-order valence-corrected chi connectivity index (χ2v) is 6.69. The average Bonchev–Trinajstić information content (AvgIpc) is 2.66. The van der Waals surface area contributed by atoms with Crippen molar-refractivity contribution in [2.75, 3.05) is 13.2 Å². The minimum atomic E-state index is -0.237. The topological polar surface area (TPSA) is 80.4 Å². The molecule has 0 bridgehead atoms. The number of H-pyrrole nitrogens is 1. The fraction of sp³-hybridized carbons (Fsp3) is 0.238. The summed E-state index contributed by atoms with van der Waals surface area (Å²) in [6, 6.07) is 10.9. The normalized spacial score (nSPS) is 12.8. The largest absolute Gasteiger partial charge is 0.486 e. The third-order valence-corrected chi connectivity index (χ3v) is 4.79. The summed E-state index contributed by atoms with van der Waals surface area (Å²) < 4.78 is 11.1. The van der Waals surface area contributed by atoms with E-state index in [9.17, 15) is 9.59 Å². The predicted molar refractivity (Wildman–Crippen MR) is 103 cm³/mol. The number of aromatic amines is 1. The number of hydrogen-bond acceptors (Lipinski definition) is 4. The molecule has 1 aliphatic rings. The molecule has 0 fully saturated rings. The molecule has 0 aliphatic carbocycles. The van der Waals surface area contributed by atoms with Crippen molar-refractivity contribution in [3.05, 3.63) is 69.0 Å². The fourth-order valence-electron chi connectivity index (χ4n) is 3.08. The Hall–Kier alpha value is -3.28. The highest BCUT2D eigenvalue weighted by Gasteiger charge is 2.14. The smallest absolute Gasteiger partial charge is 0.253 e. The van der Waals surface area contributed by atoms with Crippen molar-refractivity contribution in [1.82, 2.24) is 10.3 Å². The van der Waals surface area contributed by atoms with E-state index in [1.165, 1.54) is 0 Å². The van der Waals surface area contributed by atoms with Gasteiger partial charge >= 0.3 is 0 Å². The molecule has 1 aliphatic heterocycles. The van der Waals surface area contributed by atoms with Crippen LogP contribution in [0.1, 0.15) is 27.0 Å². The summed E-state index contributed by atoms with van der Waals surface area (Å²) in [5.74, 6) is 1.07. The van der Waals surface area contributed by atoms with Gasteiger partial charge in [0.05, 0.1) is 5.52 Å². The number of aryl methyl sites for hydroxylation is 2. The SMILES string of the molecule is Cc1ccc(C(=O)NCc2cc3cc4c(cc3[nH]c2=O)OCCO4)cc1C. The maximum absolute atomic E-state index is 12.4. The van der Waals surface area contributed by atoms with Crippen molar-refractivity contribution in [1.29, 1.82) is 0 Å². The van der Waals surface area contributed by atoms with Crippen molar-refractivity contribution < 1.29 is 14.3 Å². The number of ether oxygens (including phenoxy) is 2. The van der Waals surface area contributed by atoms with E-state index in [-0.39, 0.29) is 18.0 Å². The van der Waals surface area contributed by atoms with Crippen LogP contribution >= 0.6 is 0 Å². The van der Waals surface area contributed by atoms with Gasteiger partial charge in [0, 0.05) is 29.1 Å². The zero-order chi connectivity index (χ0) is 19.0. The molecule has 0 unspecified atom stereocenters. The van der Waals surface area contributed by atoms with E-state index in [4.69, 9.17) is 9.47 Å². The molecule has 0 spiro atoms. The Bertz CT molecular complexity index is 1100.